The lowest BCUT2D eigenvalue weighted by Gasteiger charge is -2.19. The highest BCUT2D eigenvalue weighted by Crippen LogP contribution is 2.29. The van der Waals surface area contributed by atoms with Gasteiger partial charge < -0.3 is 9.84 Å². The highest BCUT2D eigenvalue weighted by atomic mass is 19.4. The highest BCUT2D eigenvalue weighted by molar-refractivity contribution is 5.22. The Morgan fingerprint density at radius 1 is 1.25 bits per heavy atom. The van der Waals surface area contributed by atoms with Gasteiger partial charge in [0.15, 0.2) is 18.6 Å². The third-order valence-corrected chi connectivity index (χ3v) is 2.98. The third-order valence-electron chi connectivity index (χ3n) is 2.98. The first-order valence-electron chi connectivity index (χ1n) is 6.58. The Labute approximate surface area is 132 Å². The molecule has 2 aromatic rings. The molecule has 2 heterocycles. The molecule has 1 N–H and O–H groups in total. The first-order valence-corrected chi connectivity index (χ1v) is 6.58. The van der Waals surface area contributed by atoms with E-state index >= 15 is 0 Å². The van der Waals surface area contributed by atoms with Crippen LogP contribution in [0.4, 0.5) is 22.0 Å². The topological polar surface area (TPSA) is 86.0 Å². The quantitative estimate of drug-likeness (QED) is 0.799. The number of aliphatic hydroxyl groups excluding tert-OH is 1. The van der Waals surface area contributed by atoms with E-state index in [9.17, 15) is 27.1 Å². The van der Waals surface area contributed by atoms with Crippen LogP contribution in [-0.2, 0) is 0 Å². The number of hydrogen-bond donors (Lipinski definition) is 1. The first kappa shape index (κ1) is 18.0. The third kappa shape index (κ3) is 4.13. The predicted molar refractivity (Wildman–Crippen MR) is 68.2 cm³/mol. The predicted octanol–water partition coefficient (Wildman–Crippen LogP) is 1.94. The molecular formula is C12H12F5N5O2. The van der Waals surface area contributed by atoms with Gasteiger partial charge in [-0.2, -0.15) is 13.2 Å². The van der Waals surface area contributed by atoms with Crippen molar-refractivity contribution in [3.63, 3.8) is 0 Å². The lowest BCUT2D eigenvalue weighted by atomic mass is 10.1. The zero-order valence-corrected chi connectivity index (χ0v) is 12.1. The Kier molecular flexibility index (Phi) is 5.26. The fraction of sp³-hybridized carbons (Fsp3) is 0.500. The van der Waals surface area contributed by atoms with E-state index in [0.717, 1.165) is 31.6 Å². The molecule has 12 heteroatoms. The maximum absolute atomic E-state index is 14.1. The zero-order valence-electron chi connectivity index (χ0n) is 12.1. The molecule has 4 atom stereocenters. The van der Waals surface area contributed by atoms with E-state index in [1.807, 2.05) is 0 Å². The maximum Gasteiger partial charge on any atom is 0.425 e. The van der Waals surface area contributed by atoms with Crippen molar-refractivity contribution in [3.8, 4) is 5.75 Å². The van der Waals surface area contributed by atoms with Gasteiger partial charge in [0.25, 0.3) is 0 Å². The molecule has 2 aromatic heterocycles. The van der Waals surface area contributed by atoms with Crippen molar-refractivity contribution in [2.24, 2.45) is 0 Å². The smallest absolute Gasteiger partial charge is 0.425 e. The molecule has 0 aliphatic rings. The standard InChI is InChI=1S/C12H12F5N5O2/c1-6(12(15,16)17)24-7-2-3-8(18-4-7)9(13)10(23)11(14)22-20-5-19-21-22/h2-6,9-11,23H,1H3. The number of nitrogens with zero attached hydrogens (tertiary/aromatic N) is 5. The molecule has 0 bridgehead atoms. The fourth-order valence-corrected chi connectivity index (χ4v) is 1.63. The molecule has 0 aromatic carbocycles. The summed E-state index contributed by atoms with van der Waals surface area (Å²) in [6.07, 6.45) is -11.7. The maximum atomic E-state index is 14.1. The largest absolute Gasteiger partial charge is 0.480 e. The molecule has 7 nitrogen and oxygen atoms in total. The van der Waals surface area contributed by atoms with Crippen molar-refractivity contribution in [3.05, 3.63) is 30.4 Å². The summed E-state index contributed by atoms with van der Waals surface area (Å²) in [5.74, 6) is -0.250. The molecule has 4 unspecified atom stereocenters. The molecule has 0 saturated heterocycles. The van der Waals surface area contributed by atoms with E-state index in [0.29, 0.717) is 4.80 Å². The van der Waals surface area contributed by atoms with Crippen LogP contribution in [0.3, 0.4) is 0 Å². The van der Waals surface area contributed by atoms with Crippen molar-refractivity contribution >= 4 is 0 Å². The van der Waals surface area contributed by atoms with Crippen LogP contribution >= 0.6 is 0 Å². The number of hydrogen-bond acceptors (Lipinski definition) is 6. The normalized spacial score (nSPS) is 17.1. The van der Waals surface area contributed by atoms with Crippen molar-refractivity contribution < 1.29 is 31.8 Å². The van der Waals surface area contributed by atoms with Gasteiger partial charge in [0.05, 0.1) is 11.9 Å². The van der Waals surface area contributed by atoms with Crippen LogP contribution in [0.2, 0.25) is 0 Å². The van der Waals surface area contributed by atoms with Gasteiger partial charge in [-0.25, -0.2) is 8.78 Å². The summed E-state index contributed by atoms with van der Waals surface area (Å²) in [7, 11) is 0. The number of rotatable bonds is 6. The Balaban J connectivity index is 2.04. The van der Waals surface area contributed by atoms with Crippen LogP contribution < -0.4 is 4.74 Å². The Bertz CT molecular complexity index is 636. The van der Waals surface area contributed by atoms with E-state index in [1.165, 1.54) is 0 Å². The van der Waals surface area contributed by atoms with E-state index in [2.05, 4.69) is 25.1 Å². The molecule has 0 radical (unpaired) electrons. The Morgan fingerprint density at radius 3 is 2.46 bits per heavy atom. The van der Waals surface area contributed by atoms with Gasteiger partial charge in [-0.15, -0.1) is 15.0 Å². The van der Waals surface area contributed by atoms with Crippen LogP contribution in [0.15, 0.2) is 24.7 Å². The number of aliphatic hydroxyl groups is 1. The lowest BCUT2D eigenvalue weighted by molar-refractivity contribution is -0.189. The van der Waals surface area contributed by atoms with Crippen LogP contribution in [0.5, 0.6) is 5.75 Å². The average molecular weight is 353 g/mol. The summed E-state index contributed by atoms with van der Waals surface area (Å²) in [4.78, 5) is 3.91. The van der Waals surface area contributed by atoms with Crippen molar-refractivity contribution in [1.29, 1.82) is 0 Å². The van der Waals surface area contributed by atoms with Gasteiger partial charge in [-0.05, 0) is 24.3 Å². The minimum Gasteiger partial charge on any atom is -0.480 e. The number of ether oxygens (including phenoxy) is 1. The summed E-state index contributed by atoms with van der Waals surface area (Å²) in [5.41, 5.74) is -0.391. The van der Waals surface area contributed by atoms with Crippen LogP contribution in [-0.4, -0.2) is 48.7 Å². The van der Waals surface area contributed by atoms with Crippen LogP contribution in [0.25, 0.3) is 0 Å². The molecule has 0 fully saturated rings. The molecule has 0 spiro atoms. The Morgan fingerprint density at radius 2 is 1.96 bits per heavy atom. The molecular weight excluding hydrogens is 341 g/mol. The minimum atomic E-state index is -4.57. The van der Waals surface area contributed by atoms with E-state index in [4.69, 9.17) is 0 Å². The van der Waals surface area contributed by atoms with Crippen LogP contribution in [0.1, 0.15) is 25.1 Å². The summed E-state index contributed by atoms with van der Waals surface area (Å²) in [6, 6.07) is 2.01. The van der Waals surface area contributed by atoms with E-state index in [-0.39, 0.29) is 5.75 Å². The number of aromatic nitrogens is 5. The number of alkyl halides is 5. The first-order chi connectivity index (χ1) is 11.2. The second-order valence-corrected chi connectivity index (χ2v) is 4.74. The summed E-state index contributed by atoms with van der Waals surface area (Å²) >= 11 is 0. The van der Waals surface area contributed by atoms with Gasteiger partial charge in [-0.1, -0.05) is 0 Å². The minimum absolute atomic E-state index is 0.250. The van der Waals surface area contributed by atoms with Crippen molar-refractivity contribution in [2.45, 2.75) is 37.8 Å². The van der Waals surface area contributed by atoms with Gasteiger partial charge in [0.1, 0.15) is 11.9 Å². The van der Waals surface area contributed by atoms with Crippen LogP contribution in [0, 0.1) is 0 Å². The van der Waals surface area contributed by atoms with E-state index < -0.39 is 36.5 Å². The molecule has 2 rings (SSSR count). The second kappa shape index (κ2) is 7.03. The van der Waals surface area contributed by atoms with E-state index in [1.54, 1.807) is 0 Å². The Hall–Kier alpha value is -2.37. The molecule has 0 aliphatic heterocycles. The molecule has 0 amide bonds. The SMILES string of the molecule is CC(Oc1ccc(C(F)C(O)C(F)n2ncnn2)nc1)C(F)(F)F. The number of pyridine rings is 1. The summed E-state index contributed by atoms with van der Waals surface area (Å²) < 4.78 is 69.6. The van der Waals surface area contributed by atoms with Gasteiger partial charge >= 0.3 is 6.18 Å². The number of halogens is 5. The second-order valence-electron chi connectivity index (χ2n) is 4.74. The van der Waals surface area contributed by atoms with Crippen molar-refractivity contribution in [2.75, 3.05) is 0 Å². The lowest BCUT2D eigenvalue weighted by Crippen LogP contribution is -2.31. The molecule has 0 saturated carbocycles. The highest BCUT2D eigenvalue weighted by Gasteiger charge is 2.38. The zero-order chi connectivity index (χ0) is 17.9. The summed E-state index contributed by atoms with van der Waals surface area (Å²) in [5, 5.41) is 19.4. The average Bonchev–Trinajstić information content (AvgIpc) is 3.07. The molecule has 24 heavy (non-hydrogen) atoms. The van der Waals surface area contributed by atoms with Gasteiger partial charge in [0.2, 0.25) is 6.30 Å². The molecule has 0 aliphatic carbocycles. The van der Waals surface area contributed by atoms with Crippen molar-refractivity contribution in [1.82, 2.24) is 25.2 Å². The monoisotopic (exact) mass is 353 g/mol. The number of tetrazole rings is 1. The van der Waals surface area contributed by atoms with Gasteiger partial charge in [-0.3, -0.25) is 4.98 Å². The van der Waals surface area contributed by atoms with Gasteiger partial charge in [0, 0.05) is 0 Å². The summed E-state index contributed by atoms with van der Waals surface area (Å²) in [6.45, 7) is 0.800. The fourth-order valence-electron chi connectivity index (χ4n) is 1.63. The molecule has 132 valence electrons.